The summed E-state index contributed by atoms with van der Waals surface area (Å²) in [7, 11) is 4.69. The lowest BCUT2D eigenvalue weighted by atomic mass is 10.1. The van der Waals surface area contributed by atoms with Crippen LogP contribution in [0.25, 0.3) is 10.9 Å². The molecular formula is C33H35ClFN5O4. The second kappa shape index (κ2) is 14.4. The molecule has 1 amide bonds. The molecular weight excluding hydrogens is 585 g/mol. The molecule has 0 bridgehead atoms. The number of fused-ring (bicyclic) bond motifs is 1. The first-order chi connectivity index (χ1) is 21.4. The number of anilines is 3. The quantitative estimate of drug-likeness (QED) is 0.184. The van der Waals surface area contributed by atoms with Gasteiger partial charge in [0.05, 0.1) is 37.6 Å². The van der Waals surface area contributed by atoms with E-state index in [1.54, 1.807) is 44.6 Å². The molecule has 1 aliphatic heterocycles. The molecule has 1 aliphatic rings. The van der Waals surface area contributed by atoms with E-state index >= 15 is 0 Å². The van der Waals surface area contributed by atoms with E-state index in [-0.39, 0.29) is 10.9 Å². The van der Waals surface area contributed by atoms with Crippen LogP contribution in [0.5, 0.6) is 17.2 Å². The monoisotopic (exact) mass is 619 g/mol. The number of piperidine rings is 1. The smallest absolute Gasteiger partial charge is 0.248 e. The maximum atomic E-state index is 14.2. The highest BCUT2D eigenvalue weighted by Crippen LogP contribution is 2.38. The molecule has 0 spiro atoms. The van der Waals surface area contributed by atoms with E-state index in [1.165, 1.54) is 38.8 Å². The number of methoxy groups -OCH3 is 3. The summed E-state index contributed by atoms with van der Waals surface area (Å²) in [5.41, 5.74) is 2.53. The van der Waals surface area contributed by atoms with Crippen LogP contribution in [0.15, 0.2) is 67.0 Å². The molecule has 230 valence electrons. The van der Waals surface area contributed by atoms with E-state index < -0.39 is 5.82 Å². The molecule has 1 fully saturated rings. The number of hydrogen-bond acceptors (Lipinski definition) is 8. The minimum absolute atomic E-state index is 0.0239. The van der Waals surface area contributed by atoms with Gasteiger partial charge in [0.15, 0.2) is 11.5 Å². The number of nitrogens with one attached hydrogen (secondary N) is 1. The third kappa shape index (κ3) is 7.20. The first kappa shape index (κ1) is 31.0. The lowest BCUT2D eigenvalue weighted by Crippen LogP contribution is -2.29. The van der Waals surface area contributed by atoms with Crippen LogP contribution in [0.2, 0.25) is 5.02 Å². The van der Waals surface area contributed by atoms with Gasteiger partial charge in [-0.1, -0.05) is 30.2 Å². The van der Waals surface area contributed by atoms with Crippen LogP contribution in [-0.4, -0.2) is 61.7 Å². The molecule has 9 nitrogen and oxygen atoms in total. The van der Waals surface area contributed by atoms with E-state index in [4.69, 9.17) is 25.8 Å². The Labute approximate surface area is 261 Å². The lowest BCUT2D eigenvalue weighted by molar-refractivity contribution is -0.111. The van der Waals surface area contributed by atoms with E-state index in [2.05, 4.69) is 20.2 Å². The van der Waals surface area contributed by atoms with Crippen molar-refractivity contribution in [2.24, 2.45) is 0 Å². The zero-order valence-corrected chi connectivity index (χ0v) is 25.7. The summed E-state index contributed by atoms with van der Waals surface area (Å²) in [6, 6.07) is 13.6. The number of benzene rings is 3. The molecule has 1 N–H and O–H groups in total. The van der Waals surface area contributed by atoms with E-state index in [1.807, 2.05) is 29.2 Å². The Morgan fingerprint density at radius 2 is 1.75 bits per heavy atom. The van der Waals surface area contributed by atoms with Crippen LogP contribution in [0.1, 0.15) is 24.8 Å². The first-order valence-corrected chi connectivity index (χ1v) is 14.7. The summed E-state index contributed by atoms with van der Waals surface area (Å²) in [5, 5.41) is 3.56. The Kier molecular flexibility index (Phi) is 10.1. The van der Waals surface area contributed by atoms with E-state index in [9.17, 15) is 9.18 Å². The zero-order chi connectivity index (χ0) is 31.1. The van der Waals surface area contributed by atoms with Crippen molar-refractivity contribution < 1.29 is 23.4 Å². The minimum atomic E-state index is -0.530. The van der Waals surface area contributed by atoms with Gasteiger partial charge in [0.25, 0.3) is 0 Å². The summed E-state index contributed by atoms with van der Waals surface area (Å²) in [5.74, 6) is 1.33. The number of ether oxygens (including phenoxy) is 3. The van der Waals surface area contributed by atoms with Crippen LogP contribution >= 0.6 is 11.6 Å². The summed E-state index contributed by atoms with van der Waals surface area (Å²) >= 11 is 6.22. The normalized spacial score (nSPS) is 13.7. The number of carbonyl (C=O) groups excluding carboxylic acids is 1. The van der Waals surface area contributed by atoms with Crippen molar-refractivity contribution in [3.8, 4) is 17.2 Å². The van der Waals surface area contributed by atoms with Gasteiger partial charge in [-0.25, -0.2) is 14.4 Å². The Hall–Kier alpha value is -4.41. The van der Waals surface area contributed by atoms with Gasteiger partial charge in [0.2, 0.25) is 5.91 Å². The molecule has 4 aromatic rings. The fourth-order valence-corrected chi connectivity index (χ4v) is 5.45. The first-order valence-electron chi connectivity index (χ1n) is 14.4. The Morgan fingerprint density at radius 3 is 2.48 bits per heavy atom. The Morgan fingerprint density at radius 1 is 0.977 bits per heavy atom. The molecule has 44 heavy (non-hydrogen) atoms. The van der Waals surface area contributed by atoms with Gasteiger partial charge in [-0.15, -0.1) is 0 Å². The predicted molar refractivity (Wildman–Crippen MR) is 171 cm³/mol. The van der Waals surface area contributed by atoms with Crippen LogP contribution in [0, 0.1) is 5.82 Å². The average molecular weight is 620 g/mol. The van der Waals surface area contributed by atoms with Gasteiger partial charge in [-0.05, 0) is 67.9 Å². The van der Waals surface area contributed by atoms with Crippen LogP contribution in [0.3, 0.4) is 0 Å². The highest BCUT2D eigenvalue weighted by molar-refractivity contribution is 6.31. The Bertz CT molecular complexity index is 1660. The largest absolute Gasteiger partial charge is 0.494 e. The minimum Gasteiger partial charge on any atom is -0.494 e. The standard InChI is InChI=1S/C33H35ClFN5O4/c1-42-29-12-9-22(16-31(29)44-3)20-40(23-10-11-26(35)25(34)17-23)33-24-18-28(30(43-2)19-27(24)36-21-37-33)38-32(41)8-7-15-39-13-5-4-6-14-39/h7-12,16-19,21H,4-6,13-15,20H2,1-3H3,(H,38,41)/b8-7+. The highest BCUT2D eigenvalue weighted by Gasteiger charge is 2.20. The maximum Gasteiger partial charge on any atom is 0.248 e. The van der Waals surface area contributed by atoms with Crippen molar-refractivity contribution in [1.82, 2.24) is 14.9 Å². The molecule has 11 heteroatoms. The third-order valence-electron chi connectivity index (χ3n) is 7.53. The van der Waals surface area contributed by atoms with Crippen molar-refractivity contribution in [3.63, 3.8) is 0 Å². The molecule has 0 saturated carbocycles. The molecule has 0 aliphatic carbocycles. The average Bonchev–Trinajstić information content (AvgIpc) is 3.04. The predicted octanol–water partition coefficient (Wildman–Crippen LogP) is 6.77. The lowest BCUT2D eigenvalue weighted by Gasteiger charge is -2.26. The Balaban J connectivity index is 1.52. The number of nitrogens with zero attached hydrogens (tertiary/aromatic N) is 4. The van der Waals surface area contributed by atoms with Gasteiger partial charge in [0.1, 0.15) is 23.7 Å². The van der Waals surface area contributed by atoms with Crippen LogP contribution in [0.4, 0.5) is 21.6 Å². The number of aromatic nitrogens is 2. The van der Waals surface area contributed by atoms with Gasteiger partial charge in [-0.2, -0.15) is 0 Å². The fourth-order valence-electron chi connectivity index (χ4n) is 5.28. The third-order valence-corrected chi connectivity index (χ3v) is 7.82. The molecule has 0 unspecified atom stereocenters. The van der Waals surface area contributed by atoms with E-state index in [0.717, 1.165) is 25.2 Å². The molecule has 1 aromatic heterocycles. The second-order valence-electron chi connectivity index (χ2n) is 10.4. The van der Waals surface area contributed by atoms with E-state index in [0.29, 0.717) is 51.9 Å². The van der Waals surface area contributed by atoms with Crippen LogP contribution < -0.4 is 24.4 Å². The molecule has 5 rings (SSSR count). The maximum absolute atomic E-state index is 14.2. The van der Waals surface area contributed by atoms with Crippen molar-refractivity contribution in [2.75, 3.05) is 51.2 Å². The topological polar surface area (TPSA) is 89.0 Å². The summed E-state index contributed by atoms with van der Waals surface area (Å²) in [6.45, 7) is 3.14. The van der Waals surface area contributed by atoms with Crippen LogP contribution in [-0.2, 0) is 11.3 Å². The van der Waals surface area contributed by atoms with Gasteiger partial charge < -0.3 is 24.4 Å². The van der Waals surface area contributed by atoms with Crippen molar-refractivity contribution in [2.45, 2.75) is 25.8 Å². The number of amides is 1. The molecule has 1 saturated heterocycles. The van der Waals surface area contributed by atoms with Gasteiger partial charge in [-0.3, -0.25) is 9.69 Å². The number of rotatable bonds is 11. The number of hydrogen-bond donors (Lipinski definition) is 1. The second-order valence-corrected chi connectivity index (χ2v) is 10.8. The molecule has 2 heterocycles. The van der Waals surface area contributed by atoms with Crippen molar-refractivity contribution >= 4 is 45.6 Å². The molecule has 3 aromatic carbocycles. The van der Waals surface area contributed by atoms with Gasteiger partial charge >= 0.3 is 0 Å². The summed E-state index contributed by atoms with van der Waals surface area (Å²) in [4.78, 5) is 26.3. The van der Waals surface area contributed by atoms with Gasteiger partial charge in [0, 0.05) is 36.3 Å². The number of halogens is 2. The summed E-state index contributed by atoms with van der Waals surface area (Å²) < 4.78 is 30.7. The molecule has 0 atom stereocenters. The molecule has 0 radical (unpaired) electrons. The highest BCUT2D eigenvalue weighted by atomic mass is 35.5. The van der Waals surface area contributed by atoms with Crippen molar-refractivity contribution in [1.29, 1.82) is 0 Å². The fraction of sp³-hybridized carbons (Fsp3) is 0.303. The SMILES string of the molecule is COc1cc2ncnc(N(Cc3ccc(OC)c(OC)c3)c3ccc(F)c(Cl)c3)c2cc1NC(=O)/C=C/CN1CCCCC1. The van der Waals surface area contributed by atoms with Crippen molar-refractivity contribution in [3.05, 3.63) is 83.4 Å². The zero-order valence-electron chi connectivity index (χ0n) is 25.0. The number of likely N-dealkylation sites (tertiary alicyclic amines) is 1. The summed E-state index contributed by atoms with van der Waals surface area (Å²) in [6.07, 6.45) is 8.51. The number of carbonyl (C=O) groups is 1.